The normalized spacial score (nSPS) is 13.4. The van der Waals surface area contributed by atoms with Crippen LogP contribution in [0.1, 0.15) is 105 Å². The molecule has 0 atom stereocenters. The molecule has 362 valence electrons. The van der Waals surface area contributed by atoms with Gasteiger partial charge in [-0.25, -0.2) is 0 Å². The van der Waals surface area contributed by atoms with Gasteiger partial charge in [-0.1, -0.05) is 235 Å². The molecule has 2 aliphatic heterocycles. The zero-order valence-corrected chi connectivity index (χ0v) is 45.0. The summed E-state index contributed by atoms with van der Waals surface area (Å²) in [5.74, 6) is 0. The third-order valence-corrected chi connectivity index (χ3v) is 15.6. The minimum absolute atomic E-state index is 0.0347. The van der Waals surface area contributed by atoms with Crippen LogP contribution in [0.4, 0.5) is 34.1 Å². The lowest BCUT2D eigenvalue weighted by atomic mass is 9.33. The topological polar surface area (TPSA) is 6.48 Å². The van der Waals surface area contributed by atoms with E-state index in [1.165, 1.54) is 106 Å². The first-order valence-corrected chi connectivity index (χ1v) is 26.4. The Labute approximate surface area is 436 Å². The first-order valence-electron chi connectivity index (χ1n) is 26.4. The van der Waals surface area contributed by atoms with E-state index in [1.54, 1.807) is 0 Å². The second-order valence-electron chi connectivity index (χ2n) is 24.8. The summed E-state index contributed by atoms with van der Waals surface area (Å²) in [5, 5.41) is 0. The van der Waals surface area contributed by atoms with Gasteiger partial charge in [-0.05, 0) is 153 Å². The van der Waals surface area contributed by atoms with Gasteiger partial charge in [-0.15, -0.1) is 0 Å². The van der Waals surface area contributed by atoms with Crippen molar-refractivity contribution in [2.24, 2.45) is 0 Å². The fraction of sp³-hybridized carbons (Fsp3) is 0.229. The van der Waals surface area contributed by atoms with Gasteiger partial charge in [-0.2, -0.15) is 0 Å². The first kappa shape index (κ1) is 47.9. The van der Waals surface area contributed by atoms with Crippen molar-refractivity contribution < 1.29 is 0 Å². The fourth-order valence-corrected chi connectivity index (χ4v) is 11.1. The molecule has 9 aromatic rings. The molecule has 2 heterocycles. The number of hydrogen-bond acceptors (Lipinski definition) is 2. The molecule has 0 fully saturated rings. The summed E-state index contributed by atoms with van der Waals surface area (Å²) in [6, 6.07) is 76.5. The summed E-state index contributed by atoms with van der Waals surface area (Å²) in [6.07, 6.45) is 0. The van der Waals surface area contributed by atoms with Crippen molar-refractivity contribution in [3.05, 3.63) is 222 Å². The third kappa shape index (κ3) is 8.92. The smallest absolute Gasteiger partial charge is 0.252 e. The molecule has 73 heavy (non-hydrogen) atoms. The number of benzene rings is 9. The molecule has 0 saturated carbocycles. The maximum absolute atomic E-state index is 2.52. The van der Waals surface area contributed by atoms with Crippen molar-refractivity contribution in [2.45, 2.75) is 105 Å². The Hall–Kier alpha value is -7.36. The van der Waals surface area contributed by atoms with Crippen LogP contribution in [0.2, 0.25) is 0 Å². The lowest BCUT2D eigenvalue weighted by Gasteiger charge is -2.44. The van der Waals surface area contributed by atoms with Gasteiger partial charge in [0, 0.05) is 34.1 Å². The zero-order valence-electron chi connectivity index (χ0n) is 45.0. The number of fused-ring (bicyclic) bond motifs is 4. The quantitative estimate of drug-likeness (QED) is 0.153. The van der Waals surface area contributed by atoms with Crippen molar-refractivity contribution >= 4 is 57.2 Å². The van der Waals surface area contributed by atoms with Gasteiger partial charge in [0.15, 0.2) is 0 Å². The summed E-state index contributed by atoms with van der Waals surface area (Å²) >= 11 is 0. The molecule has 0 radical (unpaired) electrons. The van der Waals surface area contributed by atoms with Crippen LogP contribution in [-0.2, 0) is 21.7 Å². The van der Waals surface area contributed by atoms with E-state index in [1.807, 2.05) is 0 Å². The molecule has 0 unspecified atom stereocenters. The molecule has 0 aliphatic carbocycles. The maximum atomic E-state index is 2.52. The van der Waals surface area contributed by atoms with Gasteiger partial charge in [0.1, 0.15) is 0 Å². The largest absolute Gasteiger partial charge is 0.311 e. The first-order chi connectivity index (χ1) is 34.7. The predicted molar refractivity (Wildman–Crippen MR) is 317 cm³/mol. The number of anilines is 6. The summed E-state index contributed by atoms with van der Waals surface area (Å²) in [4.78, 5) is 5.04. The van der Waals surface area contributed by atoms with Crippen LogP contribution in [0.3, 0.4) is 0 Å². The molecule has 0 bridgehead atoms. The van der Waals surface area contributed by atoms with Crippen LogP contribution in [0.15, 0.2) is 200 Å². The molecule has 11 rings (SSSR count). The van der Waals surface area contributed by atoms with E-state index in [9.17, 15) is 0 Å². The van der Waals surface area contributed by atoms with Crippen LogP contribution >= 0.6 is 0 Å². The second kappa shape index (κ2) is 17.7. The lowest BCUT2D eigenvalue weighted by molar-refractivity contribution is 0.590. The van der Waals surface area contributed by atoms with E-state index in [0.29, 0.717) is 0 Å². The van der Waals surface area contributed by atoms with E-state index in [-0.39, 0.29) is 28.4 Å². The van der Waals surface area contributed by atoms with Gasteiger partial charge in [0.05, 0.1) is 0 Å². The highest BCUT2D eigenvalue weighted by Crippen LogP contribution is 2.46. The van der Waals surface area contributed by atoms with Gasteiger partial charge >= 0.3 is 0 Å². The molecule has 0 spiro atoms. The summed E-state index contributed by atoms with van der Waals surface area (Å²) in [5.41, 5.74) is 26.4. The Balaban J connectivity index is 1.10. The van der Waals surface area contributed by atoms with Gasteiger partial charge in [-0.3, -0.25) is 0 Å². The van der Waals surface area contributed by atoms with E-state index < -0.39 is 0 Å². The molecule has 0 saturated heterocycles. The molecule has 2 aliphatic rings. The Kier molecular flexibility index (Phi) is 11.6. The summed E-state index contributed by atoms with van der Waals surface area (Å²) < 4.78 is 0. The van der Waals surface area contributed by atoms with Gasteiger partial charge in [0.25, 0.3) is 6.71 Å². The molecule has 0 N–H and O–H groups in total. The number of nitrogens with zero attached hydrogens (tertiary/aromatic N) is 2. The average Bonchev–Trinajstić information content (AvgIpc) is 3.37. The molecular formula is C70H69BN2. The highest BCUT2D eigenvalue weighted by atomic mass is 15.2. The van der Waals surface area contributed by atoms with Crippen molar-refractivity contribution in [3.8, 4) is 44.5 Å². The molecule has 0 aromatic heterocycles. The molecule has 3 heteroatoms. The minimum Gasteiger partial charge on any atom is -0.311 e. The van der Waals surface area contributed by atoms with Crippen molar-refractivity contribution in [2.75, 3.05) is 9.80 Å². The van der Waals surface area contributed by atoms with E-state index in [2.05, 4.69) is 293 Å². The van der Waals surface area contributed by atoms with Crippen LogP contribution in [0.25, 0.3) is 44.5 Å². The Morgan fingerprint density at radius 3 is 0.781 bits per heavy atom. The molecule has 9 aromatic carbocycles. The second-order valence-corrected chi connectivity index (χ2v) is 24.8. The highest BCUT2D eigenvalue weighted by Gasteiger charge is 2.43. The van der Waals surface area contributed by atoms with Crippen LogP contribution in [-0.4, -0.2) is 6.71 Å². The minimum atomic E-state index is -0.0347. The average molecular weight is 949 g/mol. The zero-order chi connectivity index (χ0) is 51.2. The number of hydrogen-bond donors (Lipinski definition) is 0. The Morgan fingerprint density at radius 2 is 0.507 bits per heavy atom. The fourth-order valence-electron chi connectivity index (χ4n) is 11.1. The van der Waals surface area contributed by atoms with E-state index in [0.717, 1.165) is 11.4 Å². The third-order valence-electron chi connectivity index (χ3n) is 15.6. The summed E-state index contributed by atoms with van der Waals surface area (Å²) in [7, 11) is 0. The van der Waals surface area contributed by atoms with Gasteiger partial charge < -0.3 is 9.80 Å². The number of rotatable bonds is 6. The molecule has 2 nitrogen and oxygen atoms in total. The molecular weight excluding hydrogens is 880 g/mol. The van der Waals surface area contributed by atoms with Gasteiger partial charge in [0.2, 0.25) is 0 Å². The van der Waals surface area contributed by atoms with Crippen molar-refractivity contribution in [3.63, 3.8) is 0 Å². The standard InChI is InChI=1S/C70H69BN2/c1-67(2,3)54-30-16-46(17-31-54)48-24-38-58(39-25-48)72-62-42-28-52(50-20-34-56(35-21-50)69(7,8)9)44-60(62)71-61-45-53(51-22-36-57(37-23-51)70(10,11)12)29-43-63(61)73(65-15-13-14-64(72)66(65)71)59-40-26-49(27-41-59)47-18-32-55(33-19-47)68(4,5)6/h13-45H,1-12H3. The Morgan fingerprint density at radius 1 is 0.260 bits per heavy atom. The van der Waals surface area contributed by atoms with Crippen molar-refractivity contribution in [1.82, 2.24) is 0 Å². The van der Waals surface area contributed by atoms with E-state index >= 15 is 0 Å². The van der Waals surface area contributed by atoms with Crippen LogP contribution < -0.4 is 26.2 Å². The van der Waals surface area contributed by atoms with E-state index in [4.69, 9.17) is 0 Å². The lowest BCUT2D eigenvalue weighted by Crippen LogP contribution is -2.61. The maximum Gasteiger partial charge on any atom is 0.252 e. The monoisotopic (exact) mass is 949 g/mol. The molecule has 0 amide bonds. The van der Waals surface area contributed by atoms with Crippen molar-refractivity contribution in [1.29, 1.82) is 0 Å². The Bertz CT molecular complexity index is 3250. The highest BCUT2D eigenvalue weighted by molar-refractivity contribution is 7.00. The SMILES string of the molecule is CC(C)(C)c1ccc(-c2ccc(N3c4ccc(-c5ccc(C(C)(C)C)cc5)cc4B4c5cc(-c6ccc(C(C)(C)C)cc6)ccc5N(c5ccc(-c6ccc(C(C)(C)C)cc6)cc5)c5cccc3c54)cc2)cc1. The van der Waals surface area contributed by atoms with Crippen LogP contribution in [0.5, 0.6) is 0 Å². The van der Waals surface area contributed by atoms with Crippen LogP contribution in [0, 0.1) is 0 Å². The predicted octanol–water partition coefficient (Wildman–Crippen LogP) is 17.6. The summed E-state index contributed by atoms with van der Waals surface area (Å²) in [6.45, 7) is 27.3.